The average Bonchev–Trinajstić information content (AvgIpc) is 2.69. The van der Waals surface area contributed by atoms with Crippen LogP contribution in [0.5, 0.6) is 0 Å². The second-order valence-corrected chi connectivity index (χ2v) is 5.64. The van der Waals surface area contributed by atoms with E-state index in [1.807, 2.05) is 20.8 Å². The molecule has 0 radical (unpaired) electrons. The fourth-order valence-corrected chi connectivity index (χ4v) is 1.46. The number of rotatable bonds is 4. The zero-order valence-corrected chi connectivity index (χ0v) is 11.8. The molecule has 0 bridgehead atoms. The molecule has 19 heavy (non-hydrogen) atoms. The predicted octanol–water partition coefficient (Wildman–Crippen LogP) is 2.45. The fraction of sp³-hybridized carbons (Fsp3) is 0.385. The van der Waals surface area contributed by atoms with Crippen LogP contribution in [0.1, 0.15) is 31.3 Å². The molecule has 104 valence electrons. The van der Waals surface area contributed by atoms with Gasteiger partial charge in [0, 0.05) is 0 Å². The highest BCUT2D eigenvalue weighted by Gasteiger charge is 2.19. The first-order valence-electron chi connectivity index (χ1n) is 5.76. The molecule has 0 saturated carbocycles. The molecule has 1 atom stereocenters. The molecule has 0 aliphatic heterocycles. The standard InChI is InChI=1S/C13H17ClN2O3/c1-13(2,3)7-6-9(12(18)19)16-11(17)8-4-5-10(14)15-8/h4-7,9,15H,1-3H3,(H,16,17)(H,18,19)/b7-6+. The maximum atomic E-state index is 11.8. The summed E-state index contributed by atoms with van der Waals surface area (Å²) in [5.74, 6) is -1.63. The molecule has 5 nitrogen and oxygen atoms in total. The van der Waals surface area contributed by atoms with Gasteiger partial charge in [-0.3, -0.25) is 4.79 Å². The monoisotopic (exact) mass is 284 g/mol. The molecule has 0 saturated heterocycles. The van der Waals surface area contributed by atoms with Crippen molar-refractivity contribution >= 4 is 23.5 Å². The normalized spacial score (nSPS) is 13.5. The number of carbonyl (C=O) groups is 2. The highest BCUT2D eigenvalue weighted by molar-refractivity contribution is 6.29. The van der Waals surface area contributed by atoms with E-state index in [-0.39, 0.29) is 11.1 Å². The first-order chi connectivity index (χ1) is 8.69. The Hall–Kier alpha value is -1.75. The van der Waals surface area contributed by atoms with E-state index in [1.54, 1.807) is 6.08 Å². The summed E-state index contributed by atoms with van der Waals surface area (Å²) in [6.07, 6.45) is 3.21. The lowest BCUT2D eigenvalue weighted by atomic mass is 9.95. The van der Waals surface area contributed by atoms with E-state index in [0.29, 0.717) is 5.15 Å². The van der Waals surface area contributed by atoms with E-state index in [1.165, 1.54) is 18.2 Å². The van der Waals surface area contributed by atoms with Gasteiger partial charge >= 0.3 is 5.97 Å². The van der Waals surface area contributed by atoms with E-state index in [0.717, 1.165) is 0 Å². The van der Waals surface area contributed by atoms with Crippen molar-refractivity contribution < 1.29 is 14.7 Å². The Morgan fingerprint density at radius 1 is 1.42 bits per heavy atom. The van der Waals surface area contributed by atoms with Gasteiger partial charge in [-0.2, -0.15) is 0 Å². The largest absolute Gasteiger partial charge is 0.479 e. The number of carboxylic acid groups (broad SMARTS) is 1. The Bertz CT molecular complexity index is 500. The molecular formula is C13H17ClN2O3. The van der Waals surface area contributed by atoms with Crippen molar-refractivity contribution in [2.45, 2.75) is 26.8 Å². The summed E-state index contributed by atoms with van der Waals surface area (Å²) in [5.41, 5.74) is 0.0640. The maximum Gasteiger partial charge on any atom is 0.330 e. The zero-order valence-electron chi connectivity index (χ0n) is 11.0. The van der Waals surface area contributed by atoms with Gasteiger partial charge in [0.05, 0.1) is 0 Å². The van der Waals surface area contributed by atoms with Gasteiger partial charge in [-0.1, -0.05) is 44.5 Å². The molecule has 0 aromatic carbocycles. The molecule has 1 rings (SSSR count). The fourth-order valence-electron chi connectivity index (χ4n) is 1.30. The molecule has 0 aliphatic rings. The van der Waals surface area contributed by atoms with Crippen LogP contribution in [0, 0.1) is 5.41 Å². The van der Waals surface area contributed by atoms with Crippen LogP contribution in [-0.2, 0) is 4.79 Å². The lowest BCUT2D eigenvalue weighted by Gasteiger charge is -2.14. The van der Waals surface area contributed by atoms with Crippen molar-refractivity contribution in [1.29, 1.82) is 0 Å². The van der Waals surface area contributed by atoms with Crippen LogP contribution in [-0.4, -0.2) is 28.0 Å². The van der Waals surface area contributed by atoms with Gasteiger partial charge in [-0.05, 0) is 17.5 Å². The Morgan fingerprint density at radius 3 is 2.47 bits per heavy atom. The second kappa shape index (κ2) is 5.93. The number of carbonyl (C=O) groups excluding carboxylic acids is 1. The van der Waals surface area contributed by atoms with Crippen LogP contribution < -0.4 is 5.32 Å². The van der Waals surface area contributed by atoms with E-state index in [2.05, 4.69) is 10.3 Å². The van der Waals surface area contributed by atoms with Crippen LogP contribution in [0.15, 0.2) is 24.3 Å². The molecule has 3 N–H and O–H groups in total. The SMILES string of the molecule is CC(C)(C)/C=C/C(NC(=O)c1ccc(Cl)[nH]1)C(=O)O. The van der Waals surface area contributed by atoms with E-state index in [4.69, 9.17) is 16.7 Å². The van der Waals surface area contributed by atoms with E-state index >= 15 is 0 Å². The third kappa shape index (κ3) is 5.18. The number of carboxylic acids is 1. The van der Waals surface area contributed by atoms with E-state index < -0.39 is 17.9 Å². The molecule has 1 unspecified atom stereocenters. The zero-order chi connectivity index (χ0) is 14.6. The molecule has 0 aliphatic carbocycles. The first kappa shape index (κ1) is 15.3. The lowest BCUT2D eigenvalue weighted by Crippen LogP contribution is -2.39. The minimum Gasteiger partial charge on any atom is -0.479 e. The van der Waals surface area contributed by atoms with Crippen LogP contribution >= 0.6 is 11.6 Å². The van der Waals surface area contributed by atoms with E-state index in [9.17, 15) is 9.59 Å². The minimum atomic E-state index is -1.12. The van der Waals surface area contributed by atoms with Gasteiger partial charge in [0.2, 0.25) is 0 Å². The number of nitrogens with one attached hydrogen (secondary N) is 2. The van der Waals surface area contributed by atoms with Gasteiger partial charge in [0.1, 0.15) is 16.9 Å². The van der Waals surface area contributed by atoms with Crippen LogP contribution in [0.3, 0.4) is 0 Å². The third-order valence-electron chi connectivity index (χ3n) is 2.24. The molecule has 1 aromatic rings. The molecule has 1 heterocycles. The molecule has 0 spiro atoms. The molecular weight excluding hydrogens is 268 g/mol. The Balaban J connectivity index is 2.77. The van der Waals surface area contributed by atoms with Crippen molar-refractivity contribution in [2.75, 3.05) is 0 Å². The van der Waals surface area contributed by atoms with Crippen molar-refractivity contribution in [3.05, 3.63) is 35.1 Å². The Labute approximate surface area is 116 Å². The van der Waals surface area contributed by atoms with Crippen LogP contribution in [0.25, 0.3) is 0 Å². The summed E-state index contributed by atoms with van der Waals surface area (Å²) in [5, 5.41) is 11.8. The van der Waals surface area contributed by atoms with Gasteiger partial charge in [0.25, 0.3) is 5.91 Å². The van der Waals surface area contributed by atoms with Gasteiger partial charge in [-0.25, -0.2) is 4.79 Å². The number of amides is 1. The number of halogens is 1. The second-order valence-electron chi connectivity index (χ2n) is 5.23. The summed E-state index contributed by atoms with van der Waals surface area (Å²) in [6.45, 7) is 5.82. The molecule has 0 fully saturated rings. The van der Waals surface area contributed by atoms with Crippen molar-refractivity contribution in [2.24, 2.45) is 5.41 Å². The Kier molecular flexibility index (Phi) is 4.78. The number of hydrogen-bond donors (Lipinski definition) is 3. The maximum absolute atomic E-state index is 11.8. The number of H-pyrrole nitrogens is 1. The summed E-state index contributed by atoms with van der Waals surface area (Å²) in [7, 11) is 0. The summed E-state index contributed by atoms with van der Waals surface area (Å²) < 4.78 is 0. The number of aromatic nitrogens is 1. The van der Waals surface area contributed by atoms with Gasteiger partial charge in [-0.15, -0.1) is 0 Å². The number of aliphatic carboxylic acids is 1. The first-order valence-corrected chi connectivity index (χ1v) is 6.14. The highest BCUT2D eigenvalue weighted by Crippen LogP contribution is 2.15. The quantitative estimate of drug-likeness (QED) is 0.743. The average molecular weight is 285 g/mol. The molecule has 1 amide bonds. The summed E-state index contributed by atoms with van der Waals surface area (Å²) in [6, 6.07) is 1.94. The number of aromatic amines is 1. The molecule has 6 heteroatoms. The topological polar surface area (TPSA) is 82.2 Å². The Morgan fingerprint density at radius 2 is 2.05 bits per heavy atom. The minimum absolute atomic E-state index is 0.159. The lowest BCUT2D eigenvalue weighted by molar-refractivity contribution is -0.137. The smallest absolute Gasteiger partial charge is 0.330 e. The third-order valence-corrected chi connectivity index (χ3v) is 2.46. The predicted molar refractivity (Wildman–Crippen MR) is 73.3 cm³/mol. The van der Waals surface area contributed by atoms with Gasteiger partial charge in [0.15, 0.2) is 0 Å². The van der Waals surface area contributed by atoms with Crippen molar-refractivity contribution in [1.82, 2.24) is 10.3 Å². The van der Waals surface area contributed by atoms with Crippen molar-refractivity contribution in [3.63, 3.8) is 0 Å². The summed E-state index contributed by atoms with van der Waals surface area (Å²) in [4.78, 5) is 25.5. The number of allylic oxidation sites excluding steroid dienone is 1. The van der Waals surface area contributed by atoms with Gasteiger partial charge < -0.3 is 15.4 Å². The van der Waals surface area contributed by atoms with Crippen LogP contribution in [0.2, 0.25) is 5.15 Å². The molecule has 1 aromatic heterocycles. The summed E-state index contributed by atoms with van der Waals surface area (Å²) >= 11 is 5.66. The van der Waals surface area contributed by atoms with Crippen LogP contribution in [0.4, 0.5) is 0 Å². The highest BCUT2D eigenvalue weighted by atomic mass is 35.5. The van der Waals surface area contributed by atoms with Crippen molar-refractivity contribution in [3.8, 4) is 0 Å². The number of hydrogen-bond acceptors (Lipinski definition) is 2.